The van der Waals surface area contributed by atoms with Crippen LogP contribution < -0.4 is 15.6 Å². The Labute approximate surface area is 148 Å². The first kappa shape index (κ1) is 16.5. The van der Waals surface area contributed by atoms with E-state index >= 15 is 0 Å². The van der Waals surface area contributed by atoms with Crippen LogP contribution in [0.2, 0.25) is 0 Å². The van der Waals surface area contributed by atoms with Gasteiger partial charge in [-0.1, -0.05) is 0 Å². The normalized spacial score (nSPS) is 23.0. The van der Waals surface area contributed by atoms with Crippen molar-refractivity contribution < 1.29 is 14.3 Å². The Hall–Kier alpha value is -1.99. The number of fused-ring (bicyclic) bond motifs is 2. The summed E-state index contributed by atoms with van der Waals surface area (Å²) in [4.78, 5) is 25.6. The van der Waals surface area contributed by atoms with E-state index < -0.39 is 17.2 Å². The molecule has 2 aliphatic rings. The number of carbonyl (C=O) groups is 1. The van der Waals surface area contributed by atoms with Gasteiger partial charge < -0.3 is 15.3 Å². The van der Waals surface area contributed by atoms with Crippen LogP contribution in [-0.4, -0.2) is 36.8 Å². The lowest BCUT2D eigenvalue weighted by molar-refractivity contribution is 0.0696. The topological polar surface area (TPSA) is 69.6 Å². The number of rotatable bonds is 2. The van der Waals surface area contributed by atoms with Crippen molar-refractivity contribution in [3.63, 3.8) is 0 Å². The Morgan fingerprint density at radius 3 is 2.96 bits per heavy atom. The Morgan fingerprint density at radius 2 is 2.24 bits per heavy atom. The maximum absolute atomic E-state index is 14.9. The van der Waals surface area contributed by atoms with Crippen molar-refractivity contribution in [3.05, 3.63) is 38.6 Å². The maximum atomic E-state index is 14.9. The zero-order valence-corrected chi connectivity index (χ0v) is 14.7. The van der Waals surface area contributed by atoms with E-state index in [0.29, 0.717) is 27.9 Å². The molecule has 5 nitrogen and oxygen atoms in total. The highest BCUT2D eigenvalue weighted by atomic mass is 32.1. The van der Waals surface area contributed by atoms with E-state index in [2.05, 4.69) is 10.2 Å². The van der Waals surface area contributed by atoms with Gasteiger partial charge in [0, 0.05) is 34.6 Å². The molecule has 2 atom stereocenters. The molecule has 0 aliphatic carbocycles. The fraction of sp³-hybridized carbons (Fsp3) is 0.444. The lowest BCUT2D eigenvalue weighted by Crippen LogP contribution is -2.40. The molecule has 25 heavy (non-hydrogen) atoms. The van der Waals surface area contributed by atoms with Gasteiger partial charge in [0.2, 0.25) is 5.43 Å². The summed E-state index contributed by atoms with van der Waals surface area (Å²) in [5.74, 6) is -1.20. The third-order valence-electron chi connectivity index (χ3n) is 5.37. The molecule has 1 aromatic heterocycles. The smallest absolute Gasteiger partial charge is 0.340 e. The molecule has 1 aromatic carbocycles. The molecule has 0 saturated carbocycles. The number of piperidine rings is 1. The van der Waals surface area contributed by atoms with Gasteiger partial charge in [-0.2, -0.15) is 0 Å². The lowest BCUT2D eigenvalue weighted by atomic mass is 9.94. The molecule has 0 spiro atoms. The van der Waals surface area contributed by atoms with E-state index in [-0.39, 0.29) is 10.9 Å². The summed E-state index contributed by atoms with van der Waals surface area (Å²) in [6.45, 7) is 4.39. The minimum Gasteiger partial charge on any atom is -0.478 e. The molecular formula is C18H19FN2O3S. The second-order valence-corrected chi connectivity index (χ2v) is 7.74. The quantitative estimate of drug-likeness (QED) is 0.859. The summed E-state index contributed by atoms with van der Waals surface area (Å²) in [6.07, 6.45) is 2.30. The fourth-order valence-electron chi connectivity index (χ4n) is 4.15. The number of halogens is 1. The average molecular weight is 362 g/mol. The highest BCUT2D eigenvalue weighted by Crippen LogP contribution is 2.36. The lowest BCUT2D eigenvalue weighted by Gasteiger charge is -2.24. The summed E-state index contributed by atoms with van der Waals surface area (Å²) in [5, 5.41) is 14.1. The molecule has 2 N–H and O–H groups in total. The van der Waals surface area contributed by atoms with Crippen LogP contribution in [0.25, 0.3) is 10.1 Å². The van der Waals surface area contributed by atoms with Gasteiger partial charge in [-0.15, -0.1) is 11.3 Å². The van der Waals surface area contributed by atoms with Gasteiger partial charge in [0.1, 0.15) is 11.4 Å². The number of hydrogen-bond donors (Lipinski definition) is 2. The second kappa shape index (κ2) is 6.07. The van der Waals surface area contributed by atoms with Crippen molar-refractivity contribution in [2.75, 3.05) is 24.5 Å². The molecule has 3 heterocycles. The number of aromatic carboxylic acids is 1. The largest absolute Gasteiger partial charge is 0.478 e. The standard InChI is InChI=1S/C18H19FN2O3S/c1-9-15(21-6-10-3-2-4-20-14(10)7-21)13(19)5-11-16(22)12(18(23)24)8-25-17(9)11/h5,8,10,14,20H,2-4,6-7H2,1H3,(H,23,24)/t10-,14+/m0/s1. The minimum atomic E-state index is -1.28. The number of benzene rings is 1. The molecule has 0 bridgehead atoms. The van der Waals surface area contributed by atoms with Crippen LogP contribution in [0.1, 0.15) is 28.8 Å². The van der Waals surface area contributed by atoms with Crippen LogP contribution in [0.4, 0.5) is 10.1 Å². The fourth-order valence-corrected chi connectivity index (χ4v) is 5.15. The summed E-state index contributed by atoms with van der Waals surface area (Å²) >= 11 is 1.19. The SMILES string of the molecule is Cc1c(N2C[C@@H]3CCCN[C@@H]3C2)c(F)cc2c(=O)c(C(=O)O)csc12. The monoisotopic (exact) mass is 362 g/mol. The van der Waals surface area contributed by atoms with E-state index in [1.807, 2.05) is 6.92 Å². The van der Waals surface area contributed by atoms with Gasteiger partial charge in [0.25, 0.3) is 0 Å². The number of anilines is 1. The van der Waals surface area contributed by atoms with E-state index in [0.717, 1.165) is 32.5 Å². The summed E-state index contributed by atoms with van der Waals surface area (Å²) in [5.41, 5.74) is 0.335. The molecule has 4 rings (SSSR count). The molecule has 2 fully saturated rings. The number of hydrogen-bond acceptors (Lipinski definition) is 5. The maximum Gasteiger partial charge on any atom is 0.340 e. The van der Waals surface area contributed by atoms with E-state index in [1.165, 1.54) is 22.8 Å². The zero-order chi connectivity index (χ0) is 17.7. The molecule has 132 valence electrons. The van der Waals surface area contributed by atoms with Crippen molar-refractivity contribution in [2.24, 2.45) is 5.92 Å². The molecule has 0 radical (unpaired) electrons. The summed E-state index contributed by atoms with van der Waals surface area (Å²) in [6, 6.07) is 1.59. The summed E-state index contributed by atoms with van der Waals surface area (Å²) < 4.78 is 15.5. The van der Waals surface area contributed by atoms with Crippen LogP contribution in [0.3, 0.4) is 0 Å². The Bertz CT molecular complexity index is 913. The number of nitrogens with one attached hydrogen (secondary N) is 1. The van der Waals surface area contributed by atoms with Crippen molar-refractivity contribution >= 4 is 33.1 Å². The molecule has 2 saturated heterocycles. The molecule has 7 heteroatoms. The van der Waals surface area contributed by atoms with Crippen LogP contribution in [0, 0.1) is 18.7 Å². The number of nitrogens with zero attached hydrogens (tertiary/aromatic N) is 1. The van der Waals surface area contributed by atoms with Gasteiger partial charge in [-0.05, 0) is 43.9 Å². The summed E-state index contributed by atoms with van der Waals surface area (Å²) in [7, 11) is 0. The first-order valence-corrected chi connectivity index (χ1v) is 9.31. The Kier molecular flexibility index (Phi) is 4.00. The Balaban J connectivity index is 1.82. The molecule has 2 aliphatic heterocycles. The van der Waals surface area contributed by atoms with Crippen molar-refractivity contribution in [1.29, 1.82) is 0 Å². The van der Waals surface area contributed by atoms with E-state index in [4.69, 9.17) is 5.11 Å². The molecule has 2 aromatic rings. The van der Waals surface area contributed by atoms with Crippen LogP contribution in [0.15, 0.2) is 16.2 Å². The first-order valence-electron chi connectivity index (χ1n) is 8.43. The predicted octanol–water partition coefficient (Wildman–Crippen LogP) is 2.60. The van der Waals surface area contributed by atoms with Crippen molar-refractivity contribution in [1.82, 2.24) is 5.32 Å². The van der Waals surface area contributed by atoms with Crippen LogP contribution in [-0.2, 0) is 0 Å². The van der Waals surface area contributed by atoms with Crippen LogP contribution in [0.5, 0.6) is 0 Å². The predicted molar refractivity (Wildman–Crippen MR) is 96.5 cm³/mol. The van der Waals surface area contributed by atoms with Gasteiger partial charge in [0.15, 0.2) is 0 Å². The Morgan fingerprint density at radius 1 is 1.44 bits per heavy atom. The zero-order valence-electron chi connectivity index (χ0n) is 13.8. The van der Waals surface area contributed by atoms with E-state index in [9.17, 15) is 14.0 Å². The van der Waals surface area contributed by atoms with Gasteiger partial charge in [-0.25, -0.2) is 9.18 Å². The van der Waals surface area contributed by atoms with Gasteiger partial charge in [-0.3, -0.25) is 4.79 Å². The second-order valence-electron chi connectivity index (χ2n) is 6.86. The minimum absolute atomic E-state index is 0.151. The molecule has 0 amide bonds. The van der Waals surface area contributed by atoms with Crippen LogP contribution >= 0.6 is 11.3 Å². The number of carboxylic acid groups (broad SMARTS) is 1. The van der Waals surface area contributed by atoms with Gasteiger partial charge in [0.05, 0.1) is 5.69 Å². The van der Waals surface area contributed by atoms with Gasteiger partial charge >= 0.3 is 5.97 Å². The molecule has 0 unspecified atom stereocenters. The molecular weight excluding hydrogens is 343 g/mol. The third-order valence-corrected chi connectivity index (χ3v) is 6.48. The van der Waals surface area contributed by atoms with Crippen molar-refractivity contribution in [2.45, 2.75) is 25.8 Å². The highest BCUT2D eigenvalue weighted by Gasteiger charge is 2.36. The first-order chi connectivity index (χ1) is 12.0. The average Bonchev–Trinajstić information content (AvgIpc) is 2.99. The van der Waals surface area contributed by atoms with E-state index in [1.54, 1.807) is 0 Å². The number of aryl methyl sites for hydroxylation is 1. The number of carboxylic acids is 1. The van der Waals surface area contributed by atoms with Crippen molar-refractivity contribution in [3.8, 4) is 0 Å². The highest BCUT2D eigenvalue weighted by molar-refractivity contribution is 7.17. The third kappa shape index (κ3) is 2.62.